The molecular weight excluding hydrogens is 429 g/mol. The summed E-state index contributed by atoms with van der Waals surface area (Å²) >= 11 is 14.3. The Bertz CT molecular complexity index is 973. The number of halogens is 2. The third kappa shape index (κ3) is 3.31. The fourth-order valence-corrected chi connectivity index (χ4v) is 6.46. The Morgan fingerprint density at radius 3 is 2.79 bits per heavy atom. The lowest BCUT2D eigenvalue weighted by molar-refractivity contribution is 0.127. The van der Waals surface area contributed by atoms with E-state index in [9.17, 15) is 9.90 Å². The van der Waals surface area contributed by atoms with Gasteiger partial charge in [0.25, 0.3) is 0 Å². The van der Waals surface area contributed by atoms with Crippen LogP contribution in [0.5, 0.6) is 0 Å². The number of amides is 1. The molecule has 1 saturated heterocycles. The third-order valence-electron chi connectivity index (χ3n) is 6.15. The number of nitrogens with zero attached hydrogens (tertiary/aromatic N) is 2. The second kappa shape index (κ2) is 7.49. The van der Waals surface area contributed by atoms with E-state index in [1.807, 2.05) is 23.9 Å². The van der Waals surface area contributed by atoms with Crippen molar-refractivity contribution in [1.82, 2.24) is 4.90 Å². The summed E-state index contributed by atoms with van der Waals surface area (Å²) in [4.78, 5) is 15.6. The zero-order valence-electron chi connectivity index (χ0n) is 15.6. The number of likely N-dealkylation sites (tertiary alicyclic amines) is 1. The highest BCUT2D eigenvalue weighted by Crippen LogP contribution is 2.51. The number of carbonyl (C=O) groups is 1. The van der Waals surface area contributed by atoms with Gasteiger partial charge in [-0.05, 0) is 30.2 Å². The summed E-state index contributed by atoms with van der Waals surface area (Å²) in [5.74, 6) is 1.22. The molecule has 29 heavy (non-hydrogen) atoms. The Morgan fingerprint density at radius 2 is 2.00 bits per heavy atom. The van der Waals surface area contributed by atoms with Crippen LogP contribution in [-0.4, -0.2) is 47.5 Å². The van der Waals surface area contributed by atoms with Crippen molar-refractivity contribution in [2.75, 3.05) is 35.6 Å². The van der Waals surface area contributed by atoms with E-state index >= 15 is 0 Å². The quantitative estimate of drug-likeness (QED) is 0.632. The molecule has 0 bridgehead atoms. The molecule has 5 nitrogen and oxygen atoms in total. The summed E-state index contributed by atoms with van der Waals surface area (Å²) in [6, 6.07) is 12.3. The van der Waals surface area contributed by atoms with Crippen molar-refractivity contribution in [3.8, 4) is 0 Å². The molecule has 0 saturated carbocycles. The van der Waals surface area contributed by atoms with Gasteiger partial charge < -0.3 is 20.2 Å². The van der Waals surface area contributed by atoms with Crippen LogP contribution in [0.1, 0.15) is 28.8 Å². The van der Waals surface area contributed by atoms with Crippen molar-refractivity contribution in [3.63, 3.8) is 0 Å². The highest BCUT2D eigenvalue weighted by Gasteiger charge is 2.45. The number of fused-ring (bicyclic) bond motifs is 3. The van der Waals surface area contributed by atoms with Crippen LogP contribution in [-0.2, 0) is 0 Å². The zero-order valence-corrected chi connectivity index (χ0v) is 18.0. The van der Waals surface area contributed by atoms with Gasteiger partial charge in [-0.3, -0.25) is 0 Å². The molecule has 3 aliphatic rings. The molecule has 5 rings (SSSR count). The Labute approximate surface area is 184 Å². The van der Waals surface area contributed by atoms with Crippen molar-refractivity contribution in [3.05, 3.63) is 57.6 Å². The van der Waals surface area contributed by atoms with Gasteiger partial charge in [0.1, 0.15) is 5.37 Å². The number of hydrogen-bond donors (Lipinski definition) is 2. The van der Waals surface area contributed by atoms with Crippen LogP contribution in [0.15, 0.2) is 36.4 Å². The monoisotopic (exact) mass is 449 g/mol. The topological polar surface area (TPSA) is 55.8 Å². The van der Waals surface area contributed by atoms with Crippen LogP contribution in [0.2, 0.25) is 10.0 Å². The Hall–Kier alpha value is -1.76. The molecule has 8 heteroatoms. The van der Waals surface area contributed by atoms with Crippen LogP contribution in [0, 0.1) is 0 Å². The van der Waals surface area contributed by atoms with Crippen LogP contribution in [0.3, 0.4) is 0 Å². The summed E-state index contributed by atoms with van der Waals surface area (Å²) in [5, 5.41) is 14.4. The van der Waals surface area contributed by atoms with Gasteiger partial charge >= 0.3 is 6.09 Å². The lowest BCUT2D eigenvalue weighted by Crippen LogP contribution is -2.48. The minimum absolute atomic E-state index is 0.0735. The van der Waals surface area contributed by atoms with E-state index in [2.05, 4.69) is 28.4 Å². The summed E-state index contributed by atoms with van der Waals surface area (Å²) in [6.07, 6.45) is 0.0517. The average Bonchev–Trinajstić information content (AvgIpc) is 2.90. The SMILES string of the molecule is O=C(O)N1CC[C@H]2[C@@H](C1)c1cccc3c1N2CCSC3Nc1ccc(Cl)cc1Cl. The van der Waals surface area contributed by atoms with Gasteiger partial charge in [0.05, 0.1) is 10.7 Å². The van der Waals surface area contributed by atoms with E-state index < -0.39 is 6.09 Å². The maximum absolute atomic E-state index is 11.5. The van der Waals surface area contributed by atoms with Crippen LogP contribution in [0.25, 0.3) is 0 Å². The molecule has 2 aromatic rings. The number of thioether (sulfide) groups is 1. The number of anilines is 2. The van der Waals surface area contributed by atoms with E-state index in [0.29, 0.717) is 29.2 Å². The zero-order chi connectivity index (χ0) is 20.1. The van der Waals surface area contributed by atoms with Gasteiger partial charge in [0.2, 0.25) is 0 Å². The molecule has 3 aliphatic heterocycles. The minimum atomic E-state index is -0.820. The van der Waals surface area contributed by atoms with E-state index in [1.54, 1.807) is 11.0 Å². The van der Waals surface area contributed by atoms with Gasteiger partial charge in [0, 0.05) is 53.6 Å². The molecule has 2 aromatic carbocycles. The lowest BCUT2D eigenvalue weighted by atomic mass is 9.89. The summed E-state index contributed by atoms with van der Waals surface area (Å²) < 4.78 is 0. The molecule has 3 atom stereocenters. The van der Waals surface area contributed by atoms with Crippen molar-refractivity contribution in [2.24, 2.45) is 0 Å². The van der Waals surface area contributed by atoms with E-state index in [1.165, 1.54) is 16.8 Å². The van der Waals surface area contributed by atoms with Gasteiger partial charge in [-0.1, -0.05) is 41.4 Å². The number of para-hydroxylation sites is 1. The van der Waals surface area contributed by atoms with Crippen molar-refractivity contribution >= 4 is 52.4 Å². The van der Waals surface area contributed by atoms with Gasteiger partial charge in [0.15, 0.2) is 0 Å². The van der Waals surface area contributed by atoms with E-state index in [-0.39, 0.29) is 11.3 Å². The van der Waals surface area contributed by atoms with Crippen LogP contribution >= 0.6 is 35.0 Å². The number of carboxylic acid groups (broad SMARTS) is 1. The predicted molar refractivity (Wildman–Crippen MR) is 120 cm³/mol. The predicted octanol–water partition coefficient (Wildman–Crippen LogP) is 5.51. The standard InChI is InChI=1S/C21H21Cl2N3O2S/c22-12-4-5-17(16(23)10-12)24-20-14-3-1-2-13-15-11-25(21(27)28)7-6-18(15)26(19(13)14)8-9-29-20/h1-5,10,15,18,20,24H,6-9,11H2,(H,27,28)/t15-,18-,20?/m0/s1. The second-order valence-corrected chi connectivity index (χ2v) is 9.75. The largest absolute Gasteiger partial charge is 0.465 e. The number of nitrogens with one attached hydrogen (secondary N) is 1. The summed E-state index contributed by atoms with van der Waals surface area (Å²) in [5.41, 5.74) is 4.66. The van der Waals surface area contributed by atoms with Crippen LogP contribution < -0.4 is 10.2 Å². The lowest BCUT2D eigenvalue weighted by Gasteiger charge is -2.37. The maximum atomic E-state index is 11.5. The van der Waals surface area contributed by atoms with Crippen LogP contribution in [0.4, 0.5) is 16.2 Å². The second-order valence-electron chi connectivity index (χ2n) is 7.69. The van der Waals surface area contributed by atoms with Crippen molar-refractivity contribution in [1.29, 1.82) is 0 Å². The van der Waals surface area contributed by atoms with E-state index in [0.717, 1.165) is 24.4 Å². The molecule has 2 N–H and O–H groups in total. The van der Waals surface area contributed by atoms with Crippen molar-refractivity contribution < 1.29 is 9.90 Å². The Balaban J connectivity index is 1.51. The molecule has 152 valence electrons. The first-order valence-electron chi connectivity index (χ1n) is 9.73. The fraction of sp³-hybridized carbons (Fsp3) is 0.381. The van der Waals surface area contributed by atoms with E-state index in [4.69, 9.17) is 23.2 Å². The third-order valence-corrected chi connectivity index (χ3v) is 7.82. The maximum Gasteiger partial charge on any atom is 0.407 e. The average molecular weight is 450 g/mol. The molecule has 1 fully saturated rings. The molecule has 0 spiro atoms. The first-order chi connectivity index (χ1) is 14.0. The van der Waals surface area contributed by atoms with Gasteiger partial charge in [-0.25, -0.2) is 4.79 Å². The molecule has 0 radical (unpaired) electrons. The van der Waals surface area contributed by atoms with Gasteiger partial charge in [-0.15, -0.1) is 11.8 Å². The number of rotatable bonds is 2. The first kappa shape index (κ1) is 19.2. The summed E-state index contributed by atoms with van der Waals surface area (Å²) in [7, 11) is 0. The molecule has 0 aliphatic carbocycles. The molecule has 3 heterocycles. The normalized spacial score (nSPS) is 25.2. The van der Waals surface area contributed by atoms with Crippen molar-refractivity contribution in [2.45, 2.75) is 23.8 Å². The molecule has 0 aromatic heterocycles. The Morgan fingerprint density at radius 1 is 1.17 bits per heavy atom. The summed E-state index contributed by atoms with van der Waals surface area (Å²) in [6.45, 7) is 2.14. The number of piperidine rings is 1. The smallest absolute Gasteiger partial charge is 0.407 e. The number of benzene rings is 2. The molecule has 1 amide bonds. The molecule has 1 unspecified atom stereocenters. The Kier molecular flexibility index (Phi) is 4.96. The molecular formula is C21H21Cl2N3O2S. The number of hydrogen-bond acceptors (Lipinski definition) is 4. The minimum Gasteiger partial charge on any atom is -0.465 e. The fourth-order valence-electron chi connectivity index (χ4n) is 4.88. The first-order valence-corrected chi connectivity index (χ1v) is 11.5. The van der Waals surface area contributed by atoms with Gasteiger partial charge in [-0.2, -0.15) is 0 Å². The highest BCUT2D eigenvalue weighted by atomic mass is 35.5. The highest BCUT2D eigenvalue weighted by molar-refractivity contribution is 7.99.